The lowest BCUT2D eigenvalue weighted by Crippen LogP contribution is -2.51. The van der Waals surface area contributed by atoms with Crippen molar-refractivity contribution < 1.29 is 40.6 Å². The lowest BCUT2D eigenvalue weighted by atomic mass is 9.77. The molecular weight excluding hydrogens is 466 g/mol. The number of nitrogens with zero attached hydrogens (tertiary/aromatic N) is 1. The van der Waals surface area contributed by atoms with Gasteiger partial charge in [0, 0.05) is 33.4 Å². The zero-order valence-electron chi connectivity index (χ0n) is 19.0. The molecule has 1 aromatic rings. The molecule has 3 rings (SSSR count). The quantitative estimate of drug-likeness (QED) is 0.565. The fourth-order valence-corrected chi connectivity index (χ4v) is 4.66. The first kappa shape index (κ1) is 26.7. The van der Waals surface area contributed by atoms with Crippen LogP contribution in [-0.2, 0) is 33.2 Å². The predicted molar refractivity (Wildman–Crippen MR) is 112 cm³/mol. The second-order valence-corrected chi connectivity index (χ2v) is 9.17. The van der Waals surface area contributed by atoms with Gasteiger partial charge in [0.1, 0.15) is 0 Å². The summed E-state index contributed by atoms with van der Waals surface area (Å²) in [7, 11) is 1.46. The van der Waals surface area contributed by atoms with Crippen molar-refractivity contribution in [1.82, 2.24) is 10.2 Å². The van der Waals surface area contributed by atoms with Gasteiger partial charge in [0.05, 0.1) is 23.1 Å². The fourth-order valence-electron chi connectivity index (χ4n) is 4.66. The Morgan fingerprint density at radius 3 is 2.12 bits per heavy atom. The topological polar surface area (TPSA) is 50.8 Å². The van der Waals surface area contributed by atoms with Crippen LogP contribution in [0.15, 0.2) is 18.2 Å². The number of carbonyl (C=O) groups is 1. The van der Waals surface area contributed by atoms with Crippen LogP contribution >= 0.6 is 0 Å². The van der Waals surface area contributed by atoms with Crippen molar-refractivity contribution in [3.63, 3.8) is 0 Å². The van der Waals surface area contributed by atoms with Gasteiger partial charge in [-0.05, 0) is 68.5 Å². The van der Waals surface area contributed by atoms with Gasteiger partial charge in [0.15, 0.2) is 0 Å². The molecule has 0 aliphatic carbocycles. The first-order valence-corrected chi connectivity index (χ1v) is 11.3. The van der Waals surface area contributed by atoms with Crippen LogP contribution in [0.4, 0.5) is 26.3 Å². The second kappa shape index (κ2) is 10.8. The Balaban J connectivity index is 1.66. The van der Waals surface area contributed by atoms with Gasteiger partial charge in [-0.15, -0.1) is 0 Å². The highest BCUT2D eigenvalue weighted by Crippen LogP contribution is 2.37. The van der Waals surface area contributed by atoms with Crippen molar-refractivity contribution in [2.75, 3.05) is 46.6 Å². The zero-order valence-corrected chi connectivity index (χ0v) is 19.0. The van der Waals surface area contributed by atoms with E-state index in [2.05, 4.69) is 10.2 Å². The van der Waals surface area contributed by atoms with Gasteiger partial charge >= 0.3 is 12.4 Å². The van der Waals surface area contributed by atoms with Gasteiger partial charge in [0.2, 0.25) is 5.91 Å². The lowest BCUT2D eigenvalue weighted by Gasteiger charge is -2.41. The number of likely N-dealkylation sites (tertiary alicyclic amines) is 1. The predicted octanol–water partition coefficient (Wildman–Crippen LogP) is 4.50. The van der Waals surface area contributed by atoms with Crippen molar-refractivity contribution in [2.24, 2.45) is 11.3 Å². The summed E-state index contributed by atoms with van der Waals surface area (Å²) in [5.41, 5.74) is -3.95. The summed E-state index contributed by atoms with van der Waals surface area (Å²) in [5.74, 6) is 0.118. The number of amides is 1. The van der Waals surface area contributed by atoms with Gasteiger partial charge < -0.3 is 19.7 Å². The third-order valence-corrected chi connectivity index (χ3v) is 6.67. The van der Waals surface area contributed by atoms with Gasteiger partial charge in [-0.25, -0.2) is 0 Å². The van der Waals surface area contributed by atoms with Gasteiger partial charge in [-0.1, -0.05) is 0 Å². The molecule has 0 spiro atoms. The molecule has 0 bridgehead atoms. The first-order valence-electron chi connectivity index (χ1n) is 11.3. The molecule has 11 heteroatoms. The highest BCUT2D eigenvalue weighted by atomic mass is 19.4. The summed E-state index contributed by atoms with van der Waals surface area (Å²) >= 11 is 0. The number of alkyl halides is 6. The largest absolute Gasteiger partial charge is 0.416 e. The average molecular weight is 496 g/mol. The minimum absolute atomic E-state index is 0.0753. The molecule has 2 heterocycles. The highest BCUT2D eigenvalue weighted by Gasteiger charge is 2.42. The maximum atomic E-state index is 13.1. The molecule has 0 atom stereocenters. The molecular formula is C23H30F6N2O3. The number of hydrogen-bond donors (Lipinski definition) is 1. The van der Waals surface area contributed by atoms with Crippen molar-refractivity contribution in [1.29, 1.82) is 0 Å². The van der Waals surface area contributed by atoms with Crippen LogP contribution in [0.25, 0.3) is 0 Å². The molecule has 1 aromatic carbocycles. The third-order valence-electron chi connectivity index (χ3n) is 6.67. The molecule has 2 aliphatic rings. The van der Waals surface area contributed by atoms with Crippen LogP contribution in [0.2, 0.25) is 0 Å². The molecule has 0 aromatic heterocycles. The number of carbonyl (C=O) groups excluding carboxylic acids is 1. The van der Waals surface area contributed by atoms with Crippen LogP contribution in [-0.4, -0.2) is 57.4 Å². The van der Waals surface area contributed by atoms with Gasteiger partial charge in [-0.3, -0.25) is 4.79 Å². The highest BCUT2D eigenvalue weighted by molar-refractivity contribution is 5.83. The van der Waals surface area contributed by atoms with E-state index in [9.17, 15) is 31.1 Å². The van der Waals surface area contributed by atoms with Crippen molar-refractivity contribution in [3.05, 3.63) is 34.9 Å². The Morgan fingerprint density at radius 2 is 1.62 bits per heavy atom. The lowest BCUT2D eigenvalue weighted by molar-refractivity contribution is -0.143. The Hall–Kier alpha value is -1.85. The van der Waals surface area contributed by atoms with E-state index in [4.69, 9.17) is 9.47 Å². The Labute approximate surface area is 194 Å². The number of ether oxygens (including phenoxy) is 2. The molecule has 5 nitrogen and oxygen atoms in total. The number of piperidine rings is 1. The van der Waals surface area contributed by atoms with Crippen LogP contribution in [0.3, 0.4) is 0 Å². The van der Waals surface area contributed by atoms with E-state index < -0.39 is 41.3 Å². The van der Waals surface area contributed by atoms with Crippen molar-refractivity contribution in [3.8, 4) is 0 Å². The van der Waals surface area contributed by atoms with E-state index in [1.807, 2.05) is 0 Å². The average Bonchev–Trinajstić information content (AvgIpc) is 2.78. The maximum Gasteiger partial charge on any atom is 0.416 e. The number of benzene rings is 1. The molecule has 0 radical (unpaired) electrons. The molecule has 34 heavy (non-hydrogen) atoms. The Bertz CT molecular complexity index is 797. The second-order valence-electron chi connectivity index (χ2n) is 9.17. The van der Waals surface area contributed by atoms with E-state index in [0.29, 0.717) is 44.0 Å². The van der Waals surface area contributed by atoms with Crippen LogP contribution in [0, 0.1) is 11.3 Å². The summed E-state index contributed by atoms with van der Waals surface area (Å²) in [6.07, 6.45) is -6.89. The van der Waals surface area contributed by atoms with Crippen molar-refractivity contribution >= 4 is 5.91 Å². The summed E-state index contributed by atoms with van der Waals surface area (Å²) in [5, 5.41) is 2.56. The standard InChI is InChI=1S/C23H30F6N2O3/c1-33-15-21(4-6-31(7-5-21)14-16-2-8-34-9-3-16)20(32)30-13-17-10-18(22(24,25)26)12-19(11-17)23(27,28)29/h10-12,16H,2-9,13-15H2,1H3,(H,30,32). The maximum absolute atomic E-state index is 13.1. The third kappa shape index (κ3) is 6.85. The van der Waals surface area contributed by atoms with Crippen LogP contribution < -0.4 is 5.32 Å². The van der Waals surface area contributed by atoms with E-state index in [0.717, 1.165) is 32.6 Å². The van der Waals surface area contributed by atoms with E-state index in [1.165, 1.54) is 7.11 Å². The minimum atomic E-state index is -4.94. The number of halogens is 6. The smallest absolute Gasteiger partial charge is 0.384 e. The molecule has 192 valence electrons. The first-order chi connectivity index (χ1) is 15.9. The molecule has 0 unspecified atom stereocenters. The summed E-state index contributed by atoms with van der Waals surface area (Å²) in [4.78, 5) is 15.4. The molecule has 1 amide bonds. The van der Waals surface area contributed by atoms with E-state index in [-0.39, 0.29) is 18.2 Å². The number of rotatable bonds is 7. The number of methoxy groups -OCH3 is 1. The summed E-state index contributed by atoms with van der Waals surface area (Å²) in [6.45, 7) is 3.42. The summed E-state index contributed by atoms with van der Waals surface area (Å²) < 4.78 is 89.3. The van der Waals surface area contributed by atoms with Gasteiger partial charge in [0.25, 0.3) is 0 Å². The molecule has 2 aliphatic heterocycles. The molecule has 0 saturated carbocycles. The Morgan fingerprint density at radius 1 is 1.06 bits per heavy atom. The zero-order chi connectivity index (χ0) is 25.0. The van der Waals surface area contributed by atoms with E-state index in [1.54, 1.807) is 0 Å². The molecule has 2 saturated heterocycles. The monoisotopic (exact) mass is 496 g/mol. The normalized spacial score (nSPS) is 20.3. The van der Waals surface area contributed by atoms with Crippen molar-refractivity contribution in [2.45, 2.75) is 44.6 Å². The van der Waals surface area contributed by atoms with Crippen LogP contribution in [0.1, 0.15) is 42.4 Å². The SMILES string of the molecule is COCC1(C(=O)NCc2cc(C(F)(F)F)cc(C(F)(F)F)c2)CCN(CC2CCOCC2)CC1. The summed E-state index contributed by atoms with van der Waals surface area (Å²) in [6, 6.07) is 1.34. The Kier molecular flexibility index (Phi) is 8.51. The fraction of sp³-hybridized carbons (Fsp3) is 0.696. The molecule has 2 fully saturated rings. The minimum Gasteiger partial charge on any atom is -0.384 e. The number of nitrogens with one attached hydrogen (secondary N) is 1. The van der Waals surface area contributed by atoms with Crippen LogP contribution in [0.5, 0.6) is 0 Å². The molecule has 1 N–H and O–H groups in total. The van der Waals surface area contributed by atoms with Gasteiger partial charge in [-0.2, -0.15) is 26.3 Å². The number of hydrogen-bond acceptors (Lipinski definition) is 4. The van der Waals surface area contributed by atoms with E-state index >= 15 is 0 Å².